The number of H-pyrrole nitrogens is 1. The fraction of sp³-hybridized carbons (Fsp3) is 0.133. The quantitative estimate of drug-likeness (QED) is 0.663. The summed E-state index contributed by atoms with van der Waals surface area (Å²) in [7, 11) is 0. The van der Waals surface area contributed by atoms with Crippen molar-refractivity contribution in [1.82, 2.24) is 9.97 Å². The van der Waals surface area contributed by atoms with E-state index in [4.69, 9.17) is 5.26 Å². The fourth-order valence-electron chi connectivity index (χ4n) is 1.85. The Kier molecular flexibility index (Phi) is 4.05. The minimum absolute atomic E-state index is 0.0836. The van der Waals surface area contributed by atoms with Gasteiger partial charge in [-0.3, -0.25) is 19.4 Å². The van der Waals surface area contributed by atoms with Gasteiger partial charge in [-0.1, -0.05) is 0 Å². The molecule has 0 radical (unpaired) electrons. The number of nitrogens with zero attached hydrogens (tertiary/aromatic N) is 2. The van der Waals surface area contributed by atoms with Gasteiger partial charge in [-0.2, -0.15) is 5.26 Å². The molecule has 21 heavy (non-hydrogen) atoms. The third kappa shape index (κ3) is 3.09. The Labute approximate surface area is 120 Å². The molecular weight excluding hydrogens is 270 g/mol. The molecule has 0 saturated heterocycles. The number of aryl methyl sites for hydroxylation is 1. The number of rotatable bonds is 4. The molecule has 0 bridgehead atoms. The third-order valence-electron chi connectivity index (χ3n) is 3.01. The molecule has 0 aliphatic carbocycles. The van der Waals surface area contributed by atoms with Gasteiger partial charge >= 0.3 is 0 Å². The van der Waals surface area contributed by atoms with E-state index in [0.29, 0.717) is 11.3 Å². The molecule has 1 N–H and O–H groups in total. The number of aromatic amines is 1. The highest BCUT2D eigenvalue weighted by Crippen LogP contribution is 2.09. The highest BCUT2D eigenvalue weighted by molar-refractivity contribution is 6.44. The summed E-state index contributed by atoms with van der Waals surface area (Å²) >= 11 is 0. The van der Waals surface area contributed by atoms with Crippen LogP contribution >= 0.6 is 0 Å². The van der Waals surface area contributed by atoms with Crippen LogP contribution in [0.25, 0.3) is 0 Å². The predicted molar refractivity (Wildman–Crippen MR) is 73.8 cm³/mol. The monoisotopic (exact) mass is 281 g/mol. The van der Waals surface area contributed by atoms with Crippen molar-refractivity contribution in [2.24, 2.45) is 0 Å². The second kappa shape index (κ2) is 5.92. The van der Waals surface area contributed by atoms with Crippen molar-refractivity contribution in [3.63, 3.8) is 0 Å². The van der Waals surface area contributed by atoms with Gasteiger partial charge in [0.1, 0.15) is 11.6 Å². The molecule has 0 aliphatic rings. The van der Waals surface area contributed by atoms with Gasteiger partial charge in [0.2, 0.25) is 11.6 Å². The van der Waals surface area contributed by atoms with Crippen LogP contribution < -0.4 is 5.56 Å². The summed E-state index contributed by atoms with van der Waals surface area (Å²) in [6.07, 6.45) is 2.69. The Bertz CT molecular complexity index is 801. The Morgan fingerprint density at radius 1 is 1.33 bits per heavy atom. The van der Waals surface area contributed by atoms with Gasteiger partial charge in [0.05, 0.1) is 0 Å². The van der Waals surface area contributed by atoms with Gasteiger partial charge in [0.25, 0.3) is 5.56 Å². The highest BCUT2D eigenvalue weighted by atomic mass is 16.2. The first kappa shape index (κ1) is 14.3. The van der Waals surface area contributed by atoms with E-state index < -0.39 is 17.1 Å². The van der Waals surface area contributed by atoms with Crippen LogP contribution in [0.15, 0.2) is 35.4 Å². The molecular formula is C15H11N3O3. The molecule has 0 unspecified atom stereocenters. The number of ketones is 2. The molecule has 2 rings (SSSR count). The van der Waals surface area contributed by atoms with Gasteiger partial charge in [0, 0.05) is 30.1 Å². The Morgan fingerprint density at radius 3 is 2.62 bits per heavy atom. The Morgan fingerprint density at radius 2 is 2.00 bits per heavy atom. The van der Waals surface area contributed by atoms with Crippen molar-refractivity contribution in [1.29, 1.82) is 5.26 Å². The largest absolute Gasteiger partial charge is 0.325 e. The zero-order valence-corrected chi connectivity index (χ0v) is 11.2. The fourth-order valence-corrected chi connectivity index (χ4v) is 1.85. The molecule has 0 amide bonds. The molecule has 0 aromatic carbocycles. The van der Waals surface area contributed by atoms with E-state index in [1.54, 1.807) is 13.0 Å². The van der Waals surface area contributed by atoms with Crippen LogP contribution in [-0.2, 0) is 11.2 Å². The molecule has 104 valence electrons. The maximum absolute atomic E-state index is 12.0. The maximum atomic E-state index is 12.0. The molecule has 0 spiro atoms. The molecule has 6 heteroatoms. The molecule has 0 atom stereocenters. The summed E-state index contributed by atoms with van der Waals surface area (Å²) < 4.78 is 0. The zero-order chi connectivity index (χ0) is 15.4. The lowest BCUT2D eigenvalue weighted by molar-refractivity contribution is -0.114. The zero-order valence-electron chi connectivity index (χ0n) is 11.2. The van der Waals surface area contributed by atoms with Crippen molar-refractivity contribution in [3.8, 4) is 6.07 Å². The van der Waals surface area contributed by atoms with Crippen LogP contribution in [0.3, 0.4) is 0 Å². The SMILES string of the molecule is Cc1[nH]c(=O)c(C#N)cc1CC(=O)C(=O)c1ccncc1. The Balaban J connectivity index is 2.27. The standard InChI is InChI=1S/C15H11N3O3/c1-9-11(6-12(8-16)15(21)18-9)7-13(19)14(20)10-2-4-17-5-3-10/h2-6H,7H2,1H3,(H,18,21). The van der Waals surface area contributed by atoms with Crippen molar-refractivity contribution in [2.75, 3.05) is 0 Å². The molecule has 0 aliphatic heterocycles. The average molecular weight is 281 g/mol. The summed E-state index contributed by atoms with van der Waals surface area (Å²) in [4.78, 5) is 41.7. The van der Waals surface area contributed by atoms with Crippen LogP contribution in [0, 0.1) is 18.3 Å². The van der Waals surface area contributed by atoms with E-state index in [2.05, 4.69) is 9.97 Å². The lowest BCUT2D eigenvalue weighted by atomic mass is 10.0. The number of hydrogen-bond acceptors (Lipinski definition) is 5. The number of carbonyl (C=O) groups is 2. The summed E-state index contributed by atoms with van der Waals surface area (Å²) in [6.45, 7) is 1.61. The van der Waals surface area contributed by atoms with Crippen molar-refractivity contribution < 1.29 is 9.59 Å². The predicted octanol–water partition coefficient (Wildman–Crippen LogP) is 0.945. The van der Waals surface area contributed by atoms with Crippen LogP contribution in [0.4, 0.5) is 0 Å². The van der Waals surface area contributed by atoms with Gasteiger partial charge in [-0.25, -0.2) is 0 Å². The molecule has 0 fully saturated rings. The van der Waals surface area contributed by atoms with E-state index in [9.17, 15) is 14.4 Å². The minimum Gasteiger partial charge on any atom is -0.325 e. The smallest absolute Gasteiger partial charge is 0.266 e. The van der Waals surface area contributed by atoms with Crippen LogP contribution in [0.1, 0.15) is 27.2 Å². The minimum atomic E-state index is -0.624. The van der Waals surface area contributed by atoms with Gasteiger partial charge in [-0.05, 0) is 30.7 Å². The van der Waals surface area contributed by atoms with Crippen LogP contribution in [0.2, 0.25) is 0 Å². The lowest BCUT2D eigenvalue weighted by Gasteiger charge is -2.05. The maximum Gasteiger partial charge on any atom is 0.266 e. The first-order valence-electron chi connectivity index (χ1n) is 6.13. The number of Topliss-reactive ketones (excluding diaryl/α,β-unsaturated/α-hetero) is 2. The van der Waals surface area contributed by atoms with E-state index >= 15 is 0 Å². The number of aromatic nitrogens is 2. The third-order valence-corrected chi connectivity index (χ3v) is 3.01. The molecule has 2 aromatic heterocycles. The average Bonchev–Trinajstić information content (AvgIpc) is 2.50. The first-order chi connectivity index (χ1) is 10.0. The van der Waals surface area contributed by atoms with Gasteiger partial charge in [0.15, 0.2) is 0 Å². The van der Waals surface area contributed by atoms with Gasteiger partial charge in [-0.15, -0.1) is 0 Å². The van der Waals surface area contributed by atoms with Crippen LogP contribution in [0.5, 0.6) is 0 Å². The molecule has 6 nitrogen and oxygen atoms in total. The number of nitrogens with one attached hydrogen (secondary N) is 1. The molecule has 2 aromatic rings. The topological polar surface area (TPSA) is 104 Å². The van der Waals surface area contributed by atoms with Crippen molar-refractivity contribution in [2.45, 2.75) is 13.3 Å². The normalized spacial score (nSPS) is 9.90. The van der Waals surface area contributed by atoms with Crippen LogP contribution in [-0.4, -0.2) is 21.5 Å². The number of nitriles is 1. The van der Waals surface area contributed by atoms with E-state index in [1.807, 2.05) is 0 Å². The second-order valence-electron chi connectivity index (χ2n) is 4.44. The first-order valence-corrected chi connectivity index (χ1v) is 6.13. The summed E-state index contributed by atoms with van der Waals surface area (Å²) in [6, 6.07) is 6.01. The molecule has 2 heterocycles. The summed E-state index contributed by atoms with van der Waals surface area (Å²) in [5.74, 6) is -1.23. The van der Waals surface area contributed by atoms with E-state index in [0.717, 1.165) is 0 Å². The van der Waals surface area contributed by atoms with Crippen molar-refractivity contribution in [3.05, 3.63) is 63.3 Å². The van der Waals surface area contributed by atoms with E-state index in [-0.39, 0.29) is 17.5 Å². The summed E-state index contributed by atoms with van der Waals surface area (Å²) in [5, 5.41) is 8.83. The van der Waals surface area contributed by atoms with Gasteiger partial charge < -0.3 is 4.98 Å². The lowest BCUT2D eigenvalue weighted by Crippen LogP contribution is -2.20. The summed E-state index contributed by atoms with van der Waals surface area (Å²) in [5.41, 5.74) is 0.595. The number of hydrogen-bond donors (Lipinski definition) is 1. The Hall–Kier alpha value is -3.07. The number of pyridine rings is 2. The highest BCUT2D eigenvalue weighted by Gasteiger charge is 2.18. The molecule has 0 saturated carbocycles. The second-order valence-corrected chi connectivity index (χ2v) is 4.44. The number of carbonyl (C=O) groups excluding carboxylic acids is 2. The van der Waals surface area contributed by atoms with E-state index in [1.165, 1.54) is 30.6 Å². The van der Waals surface area contributed by atoms with Crippen molar-refractivity contribution >= 4 is 11.6 Å².